The number of likely N-dealkylation sites (tertiary alicyclic amines) is 1. The smallest absolute Gasteiger partial charge is 0.222 e. The highest BCUT2D eigenvalue weighted by atomic mass is 16.5. The third-order valence-electron chi connectivity index (χ3n) is 4.63. The Balaban J connectivity index is 1.64. The molecule has 2 N–H and O–H groups in total. The van der Waals surface area contributed by atoms with Crippen molar-refractivity contribution in [1.29, 1.82) is 0 Å². The Morgan fingerprint density at radius 3 is 2.75 bits per heavy atom. The first-order valence-electron chi connectivity index (χ1n) is 8.04. The molecule has 2 unspecified atom stereocenters. The lowest BCUT2D eigenvalue weighted by molar-refractivity contribution is -0.135. The summed E-state index contributed by atoms with van der Waals surface area (Å²) >= 11 is 0. The molecule has 116 valence electrons. The number of morpholine rings is 1. The highest BCUT2D eigenvalue weighted by Crippen LogP contribution is 2.18. The van der Waals surface area contributed by atoms with Crippen molar-refractivity contribution >= 4 is 5.91 Å². The summed E-state index contributed by atoms with van der Waals surface area (Å²) in [6.07, 6.45) is 3.88. The van der Waals surface area contributed by atoms with Crippen LogP contribution in [0.3, 0.4) is 0 Å². The fourth-order valence-corrected chi connectivity index (χ4v) is 3.19. The van der Waals surface area contributed by atoms with E-state index in [2.05, 4.69) is 11.8 Å². The monoisotopic (exact) mass is 283 g/mol. The Labute approximate surface area is 122 Å². The van der Waals surface area contributed by atoms with Gasteiger partial charge in [-0.15, -0.1) is 0 Å². The van der Waals surface area contributed by atoms with Gasteiger partial charge in [0.1, 0.15) is 0 Å². The Morgan fingerprint density at radius 2 is 2.05 bits per heavy atom. The summed E-state index contributed by atoms with van der Waals surface area (Å²) in [6.45, 7) is 8.33. The second-order valence-corrected chi connectivity index (χ2v) is 6.02. The van der Waals surface area contributed by atoms with Crippen molar-refractivity contribution in [3.8, 4) is 0 Å². The molecule has 2 heterocycles. The van der Waals surface area contributed by atoms with Crippen molar-refractivity contribution in [2.45, 2.75) is 38.6 Å². The molecule has 2 aliphatic rings. The molecular weight excluding hydrogens is 254 g/mol. The molecule has 0 spiro atoms. The molecule has 5 nitrogen and oxygen atoms in total. The van der Waals surface area contributed by atoms with Crippen LogP contribution in [0.1, 0.15) is 32.6 Å². The summed E-state index contributed by atoms with van der Waals surface area (Å²) in [5.41, 5.74) is 6.13. The van der Waals surface area contributed by atoms with Crippen LogP contribution >= 0.6 is 0 Å². The zero-order chi connectivity index (χ0) is 14.4. The third-order valence-corrected chi connectivity index (χ3v) is 4.63. The lowest BCUT2D eigenvalue weighted by Gasteiger charge is -2.36. The molecule has 0 saturated carbocycles. The molecule has 0 aromatic carbocycles. The van der Waals surface area contributed by atoms with Gasteiger partial charge in [-0.1, -0.05) is 13.3 Å². The van der Waals surface area contributed by atoms with Crippen LogP contribution in [0.4, 0.5) is 0 Å². The van der Waals surface area contributed by atoms with E-state index < -0.39 is 0 Å². The number of piperidine rings is 1. The SMILES string of the molecule is CCC1CN(CCCC(=O)N2CCOCC2)CCC1N. The van der Waals surface area contributed by atoms with Crippen molar-refractivity contribution in [1.82, 2.24) is 9.80 Å². The van der Waals surface area contributed by atoms with E-state index in [0.29, 0.717) is 31.6 Å². The van der Waals surface area contributed by atoms with Crippen LogP contribution in [0.25, 0.3) is 0 Å². The molecule has 2 aliphatic heterocycles. The van der Waals surface area contributed by atoms with Gasteiger partial charge in [0.25, 0.3) is 0 Å². The van der Waals surface area contributed by atoms with E-state index in [1.165, 1.54) is 0 Å². The molecule has 2 saturated heterocycles. The molecule has 0 aliphatic carbocycles. The van der Waals surface area contributed by atoms with Crippen LogP contribution in [0.2, 0.25) is 0 Å². The summed E-state index contributed by atoms with van der Waals surface area (Å²) in [6, 6.07) is 0.367. The van der Waals surface area contributed by atoms with Gasteiger partial charge in [0.2, 0.25) is 5.91 Å². The number of amides is 1. The first-order chi connectivity index (χ1) is 9.70. The second-order valence-electron chi connectivity index (χ2n) is 6.02. The van der Waals surface area contributed by atoms with E-state index in [1.807, 2.05) is 4.90 Å². The average molecular weight is 283 g/mol. The molecule has 5 heteroatoms. The maximum atomic E-state index is 12.0. The number of ether oxygens (including phenoxy) is 1. The summed E-state index contributed by atoms with van der Waals surface area (Å²) in [5, 5.41) is 0. The van der Waals surface area contributed by atoms with Crippen molar-refractivity contribution in [3.63, 3.8) is 0 Å². The Kier molecular flexibility index (Phi) is 6.26. The fourth-order valence-electron chi connectivity index (χ4n) is 3.19. The molecule has 2 atom stereocenters. The predicted octanol–water partition coefficient (Wildman–Crippen LogP) is 0.685. The second kappa shape index (κ2) is 7.96. The van der Waals surface area contributed by atoms with Gasteiger partial charge >= 0.3 is 0 Å². The van der Waals surface area contributed by atoms with E-state index in [0.717, 1.165) is 52.0 Å². The molecule has 0 aromatic rings. The van der Waals surface area contributed by atoms with Crippen LogP contribution < -0.4 is 5.73 Å². The molecule has 2 fully saturated rings. The van der Waals surface area contributed by atoms with Gasteiger partial charge in [0.15, 0.2) is 0 Å². The lowest BCUT2D eigenvalue weighted by Crippen LogP contribution is -2.47. The van der Waals surface area contributed by atoms with E-state index in [4.69, 9.17) is 10.5 Å². The molecule has 20 heavy (non-hydrogen) atoms. The lowest BCUT2D eigenvalue weighted by atomic mass is 9.90. The third kappa shape index (κ3) is 4.43. The van der Waals surface area contributed by atoms with Crippen molar-refractivity contribution in [2.24, 2.45) is 11.7 Å². The molecule has 2 rings (SSSR count). The number of nitrogens with two attached hydrogens (primary N) is 1. The quantitative estimate of drug-likeness (QED) is 0.806. The maximum absolute atomic E-state index is 12.0. The number of hydrogen-bond acceptors (Lipinski definition) is 4. The molecule has 0 radical (unpaired) electrons. The largest absolute Gasteiger partial charge is 0.378 e. The van der Waals surface area contributed by atoms with Gasteiger partial charge in [-0.05, 0) is 31.8 Å². The number of hydrogen-bond donors (Lipinski definition) is 1. The average Bonchev–Trinajstić information content (AvgIpc) is 2.49. The van der Waals surface area contributed by atoms with Crippen LogP contribution in [0.5, 0.6) is 0 Å². The van der Waals surface area contributed by atoms with Crippen LogP contribution in [-0.2, 0) is 9.53 Å². The molecule has 0 aromatic heterocycles. The number of nitrogens with zero attached hydrogens (tertiary/aromatic N) is 2. The Bertz CT molecular complexity index is 305. The van der Waals surface area contributed by atoms with E-state index in [1.54, 1.807) is 0 Å². The van der Waals surface area contributed by atoms with Crippen LogP contribution in [-0.4, -0.2) is 67.7 Å². The first kappa shape index (κ1) is 15.7. The highest BCUT2D eigenvalue weighted by molar-refractivity contribution is 5.76. The normalized spacial score (nSPS) is 28.6. The minimum Gasteiger partial charge on any atom is -0.378 e. The minimum absolute atomic E-state index is 0.286. The number of rotatable bonds is 5. The van der Waals surface area contributed by atoms with Gasteiger partial charge in [0.05, 0.1) is 13.2 Å². The maximum Gasteiger partial charge on any atom is 0.222 e. The van der Waals surface area contributed by atoms with Crippen LogP contribution in [0, 0.1) is 5.92 Å². The Morgan fingerprint density at radius 1 is 1.30 bits per heavy atom. The summed E-state index contributed by atoms with van der Waals surface area (Å²) in [5.74, 6) is 0.910. The summed E-state index contributed by atoms with van der Waals surface area (Å²) in [4.78, 5) is 16.5. The minimum atomic E-state index is 0.286. The van der Waals surface area contributed by atoms with E-state index >= 15 is 0 Å². The molecular formula is C15H29N3O2. The van der Waals surface area contributed by atoms with E-state index in [-0.39, 0.29) is 5.91 Å². The first-order valence-corrected chi connectivity index (χ1v) is 8.04. The van der Waals surface area contributed by atoms with Gasteiger partial charge in [-0.2, -0.15) is 0 Å². The summed E-state index contributed by atoms with van der Waals surface area (Å²) < 4.78 is 5.27. The Hall–Kier alpha value is -0.650. The van der Waals surface area contributed by atoms with Crippen molar-refractivity contribution in [2.75, 3.05) is 45.9 Å². The van der Waals surface area contributed by atoms with Crippen molar-refractivity contribution < 1.29 is 9.53 Å². The predicted molar refractivity (Wildman–Crippen MR) is 79.4 cm³/mol. The van der Waals surface area contributed by atoms with Gasteiger partial charge < -0.3 is 20.3 Å². The molecule has 1 amide bonds. The van der Waals surface area contributed by atoms with E-state index in [9.17, 15) is 4.79 Å². The van der Waals surface area contributed by atoms with Gasteiger partial charge in [0, 0.05) is 32.1 Å². The highest BCUT2D eigenvalue weighted by Gasteiger charge is 2.25. The zero-order valence-electron chi connectivity index (χ0n) is 12.7. The zero-order valence-corrected chi connectivity index (χ0v) is 12.7. The van der Waals surface area contributed by atoms with Crippen LogP contribution in [0.15, 0.2) is 0 Å². The van der Waals surface area contributed by atoms with Gasteiger partial charge in [-0.3, -0.25) is 4.79 Å². The summed E-state index contributed by atoms with van der Waals surface area (Å²) in [7, 11) is 0. The molecule has 0 bridgehead atoms. The standard InChI is InChI=1S/C15H29N3O2/c1-2-13-12-17(7-5-14(13)16)6-3-4-15(19)18-8-10-20-11-9-18/h13-14H,2-12,16H2,1H3. The number of carbonyl (C=O) groups is 1. The topological polar surface area (TPSA) is 58.8 Å². The van der Waals surface area contributed by atoms with Crippen molar-refractivity contribution in [3.05, 3.63) is 0 Å². The van der Waals surface area contributed by atoms with Gasteiger partial charge in [-0.25, -0.2) is 0 Å². The number of carbonyl (C=O) groups excluding carboxylic acids is 1. The fraction of sp³-hybridized carbons (Fsp3) is 0.933.